The van der Waals surface area contributed by atoms with Crippen LogP contribution in [-0.4, -0.2) is 23.6 Å². The summed E-state index contributed by atoms with van der Waals surface area (Å²) in [7, 11) is 2.11. The Morgan fingerprint density at radius 2 is 1.85 bits per heavy atom. The van der Waals surface area contributed by atoms with Crippen molar-refractivity contribution >= 4 is 5.69 Å². The maximum atomic E-state index is 4.24. The Morgan fingerprint density at radius 1 is 1.10 bits per heavy atom. The summed E-state index contributed by atoms with van der Waals surface area (Å²) in [4.78, 5) is 10.5. The van der Waals surface area contributed by atoms with E-state index in [2.05, 4.69) is 40.2 Å². The van der Waals surface area contributed by atoms with Gasteiger partial charge < -0.3 is 10.2 Å². The summed E-state index contributed by atoms with van der Waals surface area (Å²) >= 11 is 0. The molecule has 2 rings (SSSR count). The van der Waals surface area contributed by atoms with Crippen LogP contribution in [0.2, 0.25) is 0 Å². The van der Waals surface area contributed by atoms with Crippen LogP contribution in [0, 0.1) is 0 Å². The van der Waals surface area contributed by atoms with Crippen molar-refractivity contribution < 1.29 is 0 Å². The zero-order valence-electron chi connectivity index (χ0n) is 12.2. The number of rotatable bonds is 7. The second-order valence-corrected chi connectivity index (χ2v) is 4.89. The largest absolute Gasteiger partial charge is 0.370 e. The average Bonchev–Trinajstić information content (AvgIpc) is 2.49. The molecule has 1 N–H and O–H groups in total. The van der Waals surface area contributed by atoms with Crippen molar-refractivity contribution in [2.45, 2.75) is 26.4 Å². The van der Waals surface area contributed by atoms with Gasteiger partial charge in [0.1, 0.15) is 0 Å². The average molecular weight is 270 g/mol. The van der Waals surface area contributed by atoms with Gasteiger partial charge in [-0.1, -0.05) is 6.92 Å². The molecular weight excluding hydrogens is 248 g/mol. The standard InChI is InChI=1S/C16H22N4/c1-3-7-18-11-15-12-19-10-6-16(15)20(2)13-14-4-8-17-9-5-14/h4-6,8-10,12,18H,3,7,11,13H2,1-2H3. The van der Waals surface area contributed by atoms with Gasteiger partial charge in [-0.05, 0) is 36.7 Å². The predicted octanol–water partition coefficient (Wildman–Crippen LogP) is 2.61. The minimum Gasteiger partial charge on any atom is -0.370 e. The van der Waals surface area contributed by atoms with E-state index in [0.717, 1.165) is 26.1 Å². The molecule has 0 atom stereocenters. The minimum absolute atomic E-state index is 0.859. The molecule has 0 aromatic carbocycles. The fourth-order valence-electron chi connectivity index (χ4n) is 2.18. The van der Waals surface area contributed by atoms with Crippen molar-refractivity contribution in [2.75, 3.05) is 18.5 Å². The highest BCUT2D eigenvalue weighted by Crippen LogP contribution is 2.19. The Bertz CT molecular complexity index is 513. The van der Waals surface area contributed by atoms with Gasteiger partial charge in [0.2, 0.25) is 0 Å². The predicted molar refractivity (Wildman–Crippen MR) is 82.6 cm³/mol. The summed E-state index contributed by atoms with van der Waals surface area (Å²) in [5.74, 6) is 0. The van der Waals surface area contributed by atoms with Crippen LogP contribution in [0.5, 0.6) is 0 Å². The van der Waals surface area contributed by atoms with Gasteiger partial charge in [0.25, 0.3) is 0 Å². The first-order valence-electron chi connectivity index (χ1n) is 7.05. The molecule has 2 heterocycles. The summed E-state index contributed by atoms with van der Waals surface area (Å²) in [5.41, 5.74) is 3.71. The first-order chi connectivity index (χ1) is 9.81. The molecular formula is C16H22N4. The lowest BCUT2D eigenvalue weighted by Crippen LogP contribution is -2.21. The van der Waals surface area contributed by atoms with Crippen molar-refractivity contribution in [1.82, 2.24) is 15.3 Å². The lowest BCUT2D eigenvalue weighted by atomic mass is 10.2. The van der Waals surface area contributed by atoms with Crippen molar-refractivity contribution in [3.05, 3.63) is 54.1 Å². The molecule has 0 radical (unpaired) electrons. The van der Waals surface area contributed by atoms with Gasteiger partial charge in [-0.3, -0.25) is 9.97 Å². The Labute approximate surface area is 120 Å². The lowest BCUT2D eigenvalue weighted by Gasteiger charge is -2.22. The zero-order valence-corrected chi connectivity index (χ0v) is 12.2. The van der Waals surface area contributed by atoms with Crippen LogP contribution in [-0.2, 0) is 13.1 Å². The molecule has 0 amide bonds. The molecule has 0 unspecified atom stereocenters. The molecule has 0 aliphatic heterocycles. The van der Waals surface area contributed by atoms with Crippen LogP contribution in [0.1, 0.15) is 24.5 Å². The molecule has 2 aromatic heterocycles. The van der Waals surface area contributed by atoms with E-state index in [0.29, 0.717) is 0 Å². The van der Waals surface area contributed by atoms with Crippen LogP contribution < -0.4 is 10.2 Å². The number of anilines is 1. The zero-order chi connectivity index (χ0) is 14.2. The molecule has 0 spiro atoms. The van der Waals surface area contributed by atoms with Gasteiger partial charge in [0.05, 0.1) is 0 Å². The van der Waals surface area contributed by atoms with Crippen molar-refractivity contribution in [2.24, 2.45) is 0 Å². The summed E-state index contributed by atoms with van der Waals surface area (Å²) in [6.07, 6.45) is 8.60. The van der Waals surface area contributed by atoms with Crippen molar-refractivity contribution in [3.8, 4) is 0 Å². The Hall–Kier alpha value is -1.94. The Kier molecular flexibility index (Phi) is 5.50. The number of hydrogen-bond donors (Lipinski definition) is 1. The van der Waals surface area contributed by atoms with E-state index in [9.17, 15) is 0 Å². The van der Waals surface area contributed by atoms with E-state index in [1.54, 1.807) is 0 Å². The lowest BCUT2D eigenvalue weighted by molar-refractivity contribution is 0.672. The molecule has 0 fully saturated rings. The molecule has 4 heteroatoms. The Morgan fingerprint density at radius 3 is 2.60 bits per heavy atom. The summed E-state index contributed by atoms with van der Waals surface area (Å²) in [6.45, 7) is 4.93. The SMILES string of the molecule is CCCNCc1cnccc1N(C)Cc1ccncc1. The van der Waals surface area contributed by atoms with E-state index in [-0.39, 0.29) is 0 Å². The third-order valence-electron chi connectivity index (χ3n) is 3.20. The first-order valence-corrected chi connectivity index (χ1v) is 7.05. The van der Waals surface area contributed by atoms with Crippen LogP contribution in [0.4, 0.5) is 5.69 Å². The molecule has 106 valence electrons. The highest BCUT2D eigenvalue weighted by atomic mass is 15.1. The molecule has 0 saturated heterocycles. The topological polar surface area (TPSA) is 41.1 Å². The van der Waals surface area contributed by atoms with Crippen LogP contribution in [0.3, 0.4) is 0 Å². The van der Waals surface area contributed by atoms with E-state index in [4.69, 9.17) is 0 Å². The first kappa shape index (κ1) is 14.5. The summed E-state index contributed by atoms with van der Waals surface area (Å²) in [5, 5.41) is 3.43. The van der Waals surface area contributed by atoms with Gasteiger partial charge in [0, 0.05) is 56.2 Å². The molecule has 0 bridgehead atoms. The monoisotopic (exact) mass is 270 g/mol. The van der Waals surface area contributed by atoms with Gasteiger partial charge in [0.15, 0.2) is 0 Å². The third kappa shape index (κ3) is 4.03. The molecule has 0 aliphatic carbocycles. The third-order valence-corrected chi connectivity index (χ3v) is 3.20. The van der Waals surface area contributed by atoms with Crippen LogP contribution in [0.25, 0.3) is 0 Å². The number of pyridine rings is 2. The number of aromatic nitrogens is 2. The second kappa shape index (κ2) is 7.60. The number of nitrogens with zero attached hydrogens (tertiary/aromatic N) is 3. The smallest absolute Gasteiger partial charge is 0.0443 e. The normalized spacial score (nSPS) is 10.5. The second-order valence-electron chi connectivity index (χ2n) is 4.89. The highest BCUT2D eigenvalue weighted by molar-refractivity contribution is 5.51. The van der Waals surface area contributed by atoms with E-state index >= 15 is 0 Å². The minimum atomic E-state index is 0.859. The summed E-state index contributed by atoms with van der Waals surface area (Å²) in [6, 6.07) is 6.17. The van der Waals surface area contributed by atoms with Gasteiger partial charge in [-0.15, -0.1) is 0 Å². The quantitative estimate of drug-likeness (QED) is 0.785. The van der Waals surface area contributed by atoms with E-state index < -0.39 is 0 Å². The molecule has 4 nitrogen and oxygen atoms in total. The van der Waals surface area contributed by atoms with E-state index in [1.165, 1.54) is 16.8 Å². The van der Waals surface area contributed by atoms with Gasteiger partial charge in [-0.2, -0.15) is 0 Å². The Balaban J connectivity index is 2.07. The maximum absolute atomic E-state index is 4.24. The van der Waals surface area contributed by atoms with Gasteiger partial charge >= 0.3 is 0 Å². The number of nitrogens with one attached hydrogen (secondary N) is 1. The van der Waals surface area contributed by atoms with Crippen LogP contribution >= 0.6 is 0 Å². The molecule has 2 aromatic rings. The molecule has 0 saturated carbocycles. The fraction of sp³-hybridized carbons (Fsp3) is 0.375. The molecule has 20 heavy (non-hydrogen) atoms. The fourth-order valence-corrected chi connectivity index (χ4v) is 2.18. The van der Waals surface area contributed by atoms with Crippen molar-refractivity contribution in [3.63, 3.8) is 0 Å². The van der Waals surface area contributed by atoms with Crippen LogP contribution in [0.15, 0.2) is 43.0 Å². The highest BCUT2D eigenvalue weighted by Gasteiger charge is 2.07. The molecule has 0 aliphatic rings. The number of hydrogen-bond acceptors (Lipinski definition) is 4. The van der Waals surface area contributed by atoms with Crippen molar-refractivity contribution in [1.29, 1.82) is 0 Å². The maximum Gasteiger partial charge on any atom is 0.0443 e. The summed E-state index contributed by atoms with van der Waals surface area (Å²) < 4.78 is 0. The van der Waals surface area contributed by atoms with Gasteiger partial charge in [-0.25, -0.2) is 0 Å². The van der Waals surface area contributed by atoms with E-state index in [1.807, 2.05) is 36.9 Å².